The van der Waals surface area contributed by atoms with Crippen LogP contribution in [-0.4, -0.2) is 46.3 Å². The molecule has 0 spiro atoms. The van der Waals surface area contributed by atoms with Crippen LogP contribution in [0.2, 0.25) is 5.02 Å². The van der Waals surface area contributed by atoms with Crippen molar-refractivity contribution >= 4 is 71.7 Å². The van der Waals surface area contributed by atoms with Gasteiger partial charge < -0.3 is 15.4 Å². The van der Waals surface area contributed by atoms with Crippen LogP contribution in [0.3, 0.4) is 0 Å². The Kier molecular flexibility index (Phi) is 8.64. The SMILES string of the molecule is COCC(C)NC(=O)c1cc2cc(Br)ccc2c(Br)c1NC(=O)c1cc(C(F)(F)F)nn1-c1ncccc1Cl. The van der Waals surface area contributed by atoms with Gasteiger partial charge in [0.25, 0.3) is 11.8 Å². The van der Waals surface area contributed by atoms with Crippen LogP contribution in [0.4, 0.5) is 18.9 Å². The first-order valence-corrected chi connectivity index (χ1v) is 13.2. The number of nitrogens with one attached hydrogen (secondary N) is 2. The fourth-order valence-electron chi connectivity index (χ4n) is 3.78. The number of carbonyl (C=O) groups excluding carboxylic acids is 2. The Bertz CT molecular complexity index is 1580. The maximum atomic E-state index is 13.6. The van der Waals surface area contributed by atoms with E-state index in [2.05, 4.69) is 52.6 Å². The monoisotopic (exact) mass is 687 g/mol. The number of benzene rings is 2. The Morgan fingerprint density at radius 2 is 1.90 bits per heavy atom. The van der Waals surface area contributed by atoms with Crippen LogP contribution in [0, 0.1) is 0 Å². The Hall–Kier alpha value is -3.00. The van der Waals surface area contributed by atoms with E-state index in [1.165, 1.54) is 25.4 Å². The van der Waals surface area contributed by atoms with Crippen molar-refractivity contribution in [2.45, 2.75) is 19.1 Å². The molecule has 204 valence electrons. The van der Waals surface area contributed by atoms with Gasteiger partial charge in [0.05, 0.1) is 22.9 Å². The van der Waals surface area contributed by atoms with Gasteiger partial charge in [0.2, 0.25) is 0 Å². The molecule has 2 heterocycles. The molecule has 39 heavy (non-hydrogen) atoms. The van der Waals surface area contributed by atoms with Crippen molar-refractivity contribution in [2.75, 3.05) is 19.0 Å². The first-order chi connectivity index (χ1) is 18.4. The third-order valence-corrected chi connectivity index (χ3v) is 7.10. The van der Waals surface area contributed by atoms with Gasteiger partial charge in [-0.25, -0.2) is 9.67 Å². The van der Waals surface area contributed by atoms with Gasteiger partial charge in [0, 0.05) is 34.4 Å². The lowest BCUT2D eigenvalue weighted by atomic mass is 10.0. The Morgan fingerprint density at radius 3 is 2.56 bits per heavy atom. The third-order valence-electron chi connectivity index (χ3n) is 5.49. The maximum absolute atomic E-state index is 13.6. The first-order valence-electron chi connectivity index (χ1n) is 11.2. The smallest absolute Gasteiger partial charge is 0.383 e. The Balaban J connectivity index is 1.84. The summed E-state index contributed by atoms with van der Waals surface area (Å²) < 4.78 is 47.6. The average molecular weight is 690 g/mol. The molecule has 1 atom stereocenters. The van der Waals surface area contributed by atoms with Crippen LogP contribution in [0.5, 0.6) is 0 Å². The number of hydrogen-bond donors (Lipinski definition) is 2. The average Bonchev–Trinajstić information content (AvgIpc) is 3.32. The molecule has 2 aromatic heterocycles. The molecule has 8 nitrogen and oxygen atoms in total. The van der Waals surface area contributed by atoms with Crippen LogP contribution < -0.4 is 10.6 Å². The number of amides is 2. The van der Waals surface area contributed by atoms with Crippen LogP contribution >= 0.6 is 43.5 Å². The molecule has 14 heteroatoms. The predicted molar refractivity (Wildman–Crippen MR) is 147 cm³/mol. The van der Waals surface area contributed by atoms with Gasteiger partial charge in [-0.3, -0.25) is 9.59 Å². The van der Waals surface area contributed by atoms with Gasteiger partial charge in [-0.1, -0.05) is 33.6 Å². The highest BCUT2D eigenvalue weighted by Gasteiger charge is 2.37. The second kappa shape index (κ2) is 11.6. The standard InChI is InChI=1S/C25H19Br2ClF3N5O3/c1-12(11-39-2)33-23(37)16-9-13-8-14(26)5-6-15(13)20(27)21(16)34-24(38)18-10-19(25(29,30)31)35-36(18)22-17(28)4-3-7-32-22/h3-10,12H,11H2,1-2H3,(H,33,37)(H,34,38). The quantitative estimate of drug-likeness (QED) is 0.227. The molecule has 0 saturated carbocycles. The van der Waals surface area contributed by atoms with Crippen molar-refractivity contribution in [3.8, 4) is 5.82 Å². The molecule has 0 bridgehead atoms. The molecular formula is C25H19Br2ClF3N5O3. The number of hydrogen-bond acceptors (Lipinski definition) is 5. The highest BCUT2D eigenvalue weighted by molar-refractivity contribution is 9.11. The minimum atomic E-state index is -4.85. The van der Waals surface area contributed by atoms with E-state index in [-0.39, 0.29) is 34.7 Å². The zero-order valence-electron chi connectivity index (χ0n) is 20.2. The fourth-order valence-corrected chi connectivity index (χ4v) is 5.04. The summed E-state index contributed by atoms with van der Waals surface area (Å²) in [5, 5.41) is 10.2. The van der Waals surface area contributed by atoms with Crippen molar-refractivity contribution in [2.24, 2.45) is 0 Å². The van der Waals surface area contributed by atoms with Gasteiger partial charge in [0.1, 0.15) is 5.69 Å². The molecule has 0 radical (unpaired) electrons. The molecule has 1 unspecified atom stereocenters. The van der Waals surface area contributed by atoms with E-state index in [1.807, 2.05) is 0 Å². The topological polar surface area (TPSA) is 98.1 Å². The molecule has 0 saturated heterocycles. The molecule has 0 aliphatic rings. The number of carbonyl (C=O) groups is 2. The number of methoxy groups -OCH3 is 1. The number of pyridine rings is 1. The van der Waals surface area contributed by atoms with Crippen molar-refractivity contribution < 1.29 is 27.5 Å². The normalized spacial score (nSPS) is 12.4. The second-order valence-corrected chi connectivity index (χ2v) is 10.5. The summed E-state index contributed by atoms with van der Waals surface area (Å²) in [5.41, 5.74) is -1.69. The molecule has 0 aliphatic carbocycles. The minimum Gasteiger partial charge on any atom is -0.383 e. The number of nitrogens with zero attached hydrogens (tertiary/aromatic N) is 3. The Morgan fingerprint density at radius 1 is 1.15 bits per heavy atom. The summed E-state index contributed by atoms with van der Waals surface area (Å²) in [6.45, 7) is 1.97. The summed E-state index contributed by atoms with van der Waals surface area (Å²) in [6, 6.07) is 10.00. The van der Waals surface area contributed by atoms with Crippen LogP contribution in [0.15, 0.2) is 57.6 Å². The molecule has 0 aliphatic heterocycles. The highest BCUT2D eigenvalue weighted by atomic mass is 79.9. The van der Waals surface area contributed by atoms with E-state index < -0.39 is 29.4 Å². The van der Waals surface area contributed by atoms with Crippen molar-refractivity contribution in [3.63, 3.8) is 0 Å². The number of halogens is 6. The molecule has 4 aromatic rings. The largest absolute Gasteiger partial charge is 0.435 e. The molecule has 2 amide bonds. The molecular weight excluding hydrogens is 671 g/mol. The number of alkyl halides is 3. The zero-order valence-corrected chi connectivity index (χ0v) is 24.2. The number of anilines is 1. The summed E-state index contributed by atoms with van der Waals surface area (Å²) in [4.78, 5) is 30.8. The van der Waals surface area contributed by atoms with E-state index in [1.54, 1.807) is 31.2 Å². The third kappa shape index (κ3) is 6.26. The van der Waals surface area contributed by atoms with Gasteiger partial charge in [-0.05, 0) is 64.0 Å². The summed E-state index contributed by atoms with van der Waals surface area (Å²) in [5.74, 6) is -1.68. The molecule has 2 aromatic carbocycles. The summed E-state index contributed by atoms with van der Waals surface area (Å²) in [6.07, 6.45) is -3.54. The lowest BCUT2D eigenvalue weighted by Gasteiger charge is -2.18. The van der Waals surface area contributed by atoms with E-state index in [0.717, 1.165) is 4.47 Å². The van der Waals surface area contributed by atoms with E-state index in [0.29, 0.717) is 26.0 Å². The van der Waals surface area contributed by atoms with Gasteiger partial charge in [-0.15, -0.1) is 0 Å². The summed E-state index contributed by atoms with van der Waals surface area (Å²) >= 11 is 13.0. The molecule has 0 fully saturated rings. The van der Waals surface area contributed by atoms with Crippen LogP contribution in [0.1, 0.15) is 33.5 Å². The fraction of sp³-hybridized carbons (Fsp3) is 0.200. The van der Waals surface area contributed by atoms with Gasteiger partial charge in [-0.2, -0.15) is 18.3 Å². The van der Waals surface area contributed by atoms with Gasteiger partial charge >= 0.3 is 6.18 Å². The van der Waals surface area contributed by atoms with Gasteiger partial charge in [0.15, 0.2) is 11.5 Å². The van der Waals surface area contributed by atoms with E-state index in [4.69, 9.17) is 16.3 Å². The van der Waals surface area contributed by atoms with E-state index >= 15 is 0 Å². The van der Waals surface area contributed by atoms with Crippen molar-refractivity contribution in [1.82, 2.24) is 20.1 Å². The minimum absolute atomic E-state index is 0.0203. The Labute approximate surface area is 242 Å². The van der Waals surface area contributed by atoms with E-state index in [9.17, 15) is 22.8 Å². The number of rotatable bonds is 7. The predicted octanol–water partition coefficient (Wildman–Crippen LogP) is 6.63. The molecule has 2 N–H and O–H groups in total. The lowest BCUT2D eigenvalue weighted by Crippen LogP contribution is -2.36. The van der Waals surface area contributed by atoms with Crippen LogP contribution in [0.25, 0.3) is 16.6 Å². The van der Waals surface area contributed by atoms with Crippen LogP contribution in [-0.2, 0) is 10.9 Å². The van der Waals surface area contributed by atoms with Crippen molar-refractivity contribution in [3.05, 3.63) is 79.6 Å². The number of aromatic nitrogens is 3. The van der Waals surface area contributed by atoms with Crippen molar-refractivity contribution in [1.29, 1.82) is 0 Å². The first kappa shape index (κ1) is 29.0. The number of fused-ring (bicyclic) bond motifs is 1. The number of ether oxygens (including phenoxy) is 1. The maximum Gasteiger partial charge on any atom is 0.435 e. The lowest BCUT2D eigenvalue weighted by molar-refractivity contribution is -0.141. The summed E-state index contributed by atoms with van der Waals surface area (Å²) in [7, 11) is 1.49. The molecule has 4 rings (SSSR count). The zero-order chi connectivity index (χ0) is 28.5. The second-order valence-electron chi connectivity index (χ2n) is 8.40. The highest BCUT2D eigenvalue weighted by Crippen LogP contribution is 2.37.